The second-order valence-corrected chi connectivity index (χ2v) is 9.38. The molecule has 1 fully saturated rings. The first kappa shape index (κ1) is 22.2. The highest BCUT2D eigenvalue weighted by Gasteiger charge is 2.19. The van der Waals surface area contributed by atoms with Crippen LogP contribution < -0.4 is 19.9 Å². The lowest BCUT2D eigenvalue weighted by Crippen LogP contribution is -2.47. The second kappa shape index (κ2) is 10.6. The fourth-order valence-electron chi connectivity index (χ4n) is 3.55. The number of hydrogen-bond acceptors (Lipinski definition) is 10. The molecule has 9 nitrogen and oxygen atoms in total. The zero-order valence-corrected chi connectivity index (χ0v) is 20.0. The molecule has 1 saturated heterocycles. The van der Waals surface area contributed by atoms with E-state index in [1.165, 1.54) is 0 Å². The number of pyridine rings is 1. The predicted octanol–water partition coefficient (Wildman–Crippen LogP) is 3.08. The molecule has 1 N–H and O–H groups in total. The highest BCUT2D eigenvalue weighted by molar-refractivity contribution is 7.20. The van der Waals surface area contributed by atoms with E-state index in [9.17, 15) is 4.79 Å². The molecule has 4 aromatic heterocycles. The maximum absolute atomic E-state index is 12.2. The summed E-state index contributed by atoms with van der Waals surface area (Å²) in [6, 6.07) is 13.6. The van der Waals surface area contributed by atoms with Crippen molar-refractivity contribution in [2.24, 2.45) is 0 Å². The molecule has 0 aliphatic carbocycles. The summed E-state index contributed by atoms with van der Waals surface area (Å²) in [7, 11) is 0. The van der Waals surface area contributed by atoms with Crippen LogP contribution in [0.3, 0.4) is 0 Å². The summed E-state index contributed by atoms with van der Waals surface area (Å²) in [5.74, 6) is 1.87. The first-order chi connectivity index (χ1) is 16.7. The topological polar surface area (TPSA) is 96.4 Å². The van der Waals surface area contributed by atoms with Crippen LogP contribution in [0, 0.1) is 0 Å². The molecular formula is C23H23N7O2S2. The van der Waals surface area contributed by atoms with E-state index in [2.05, 4.69) is 35.3 Å². The Morgan fingerprint density at radius 3 is 2.53 bits per heavy atom. The molecule has 174 valence electrons. The maximum Gasteiger partial charge on any atom is 0.258 e. The monoisotopic (exact) mass is 493 g/mol. The minimum Gasteiger partial charge on any atom is -0.466 e. The smallest absolute Gasteiger partial charge is 0.258 e. The third-order valence-electron chi connectivity index (χ3n) is 5.30. The van der Waals surface area contributed by atoms with Gasteiger partial charge in [-0.05, 0) is 29.6 Å². The van der Waals surface area contributed by atoms with Crippen molar-refractivity contribution in [2.45, 2.75) is 6.54 Å². The van der Waals surface area contributed by atoms with Gasteiger partial charge in [-0.3, -0.25) is 4.79 Å². The van der Waals surface area contributed by atoms with E-state index in [1.54, 1.807) is 28.7 Å². The van der Waals surface area contributed by atoms with Crippen molar-refractivity contribution in [1.82, 2.24) is 25.5 Å². The Kier molecular flexibility index (Phi) is 6.91. The molecule has 0 radical (unpaired) electrons. The molecule has 1 amide bonds. The van der Waals surface area contributed by atoms with Gasteiger partial charge in [-0.2, -0.15) is 0 Å². The zero-order valence-electron chi connectivity index (χ0n) is 18.3. The van der Waals surface area contributed by atoms with E-state index < -0.39 is 0 Å². The van der Waals surface area contributed by atoms with Gasteiger partial charge >= 0.3 is 0 Å². The van der Waals surface area contributed by atoms with Gasteiger partial charge in [-0.1, -0.05) is 12.1 Å². The molecule has 5 rings (SSSR count). The number of carbonyl (C=O) groups excluding carboxylic acids is 1. The molecule has 0 spiro atoms. The quantitative estimate of drug-likeness (QED) is 0.400. The number of hydrogen-bond donors (Lipinski definition) is 1. The lowest BCUT2D eigenvalue weighted by molar-refractivity contribution is -0.123. The van der Waals surface area contributed by atoms with E-state index in [0.717, 1.165) is 53.4 Å². The van der Waals surface area contributed by atoms with Crippen LogP contribution in [0.4, 0.5) is 11.6 Å². The second-order valence-electron chi connectivity index (χ2n) is 7.58. The van der Waals surface area contributed by atoms with Gasteiger partial charge in [0, 0.05) is 43.8 Å². The van der Waals surface area contributed by atoms with Crippen LogP contribution in [0.25, 0.3) is 9.88 Å². The normalized spacial score (nSPS) is 13.6. The summed E-state index contributed by atoms with van der Waals surface area (Å²) in [6.45, 7) is 3.63. The third-order valence-corrected chi connectivity index (χ3v) is 7.23. The molecule has 5 heterocycles. The number of nitrogens with zero attached hydrogens (tertiary/aromatic N) is 6. The Balaban J connectivity index is 1.05. The number of thiazole rings is 1. The van der Waals surface area contributed by atoms with Crippen molar-refractivity contribution in [3.05, 3.63) is 65.1 Å². The first-order valence-electron chi connectivity index (χ1n) is 10.9. The van der Waals surface area contributed by atoms with Gasteiger partial charge in [0.1, 0.15) is 10.8 Å². The van der Waals surface area contributed by atoms with Gasteiger partial charge in [0.15, 0.2) is 12.4 Å². The number of ether oxygens (including phenoxy) is 1. The number of piperazine rings is 1. The number of carbonyl (C=O) groups is 1. The standard InChI is InChI=1S/C23H23N7O2S2/c31-21(25-14-17-16-34-23(26-17)18-4-3-13-33-18)15-32-22-7-6-20(27-28-22)30-11-9-29(10-12-30)19-5-1-2-8-24-19/h1-8,13,16H,9-12,14-15H2,(H,25,31). The Bertz CT molecular complexity index is 1190. The van der Waals surface area contributed by atoms with Crippen molar-refractivity contribution in [3.8, 4) is 15.8 Å². The van der Waals surface area contributed by atoms with Crippen molar-refractivity contribution in [3.63, 3.8) is 0 Å². The molecular weight excluding hydrogens is 470 g/mol. The third kappa shape index (κ3) is 5.49. The van der Waals surface area contributed by atoms with E-state index in [1.807, 2.05) is 53.4 Å². The van der Waals surface area contributed by atoms with E-state index >= 15 is 0 Å². The number of nitrogens with one attached hydrogen (secondary N) is 1. The lowest BCUT2D eigenvalue weighted by Gasteiger charge is -2.35. The molecule has 1 aliphatic heterocycles. The number of rotatable bonds is 8. The lowest BCUT2D eigenvalue weighted by atomic mass is 10.3. The summed E-state index contributed by atoms with van der Waals surface area (Å²) in [6.07, 6.45) is 1.81. The van der Waals surface area contributed by atoms with Gasteiger partial charge in [0.2, 0.25) is 5.88 Å². The van der Waals surface area contributed by atoms with Gasteiger partial charge in [0.05, 0.1) is 17.1 Å². The average Bonchev–Trinajstić information content (AvgIpc) is 3.60. The fourth-order valence-corrected chi connectivity index (χ4v) is 5.18. The highest BCUT2D eigenvalue weighted by atomic mass is 32.1. The van der Waals surface area contributed by atoms with Gasteiger partial charge in [-0.25, -0.2) is 9.97 Å². The summed E-state index contributed by atoms with van der Waals surface area (Å²) in [5, 5.41) is 16.2. The van der Waals surface area contributed by atoms with Crippen LogP contribution in [0.1, 0.15) is 5.69 Å². The van der Waals surface area contributed by atoms with Crippen molar-refractivity contribution >= 4 is 40.2 Å². The van der Waals surface area contributed by atoms with Crippen LogP contribution >= 0.6 is 22.7 Å². The molecule has 0 unspecified atom stereocenters. The fraction of sp³-hybridized carbons (Fsp3) is 0.261. The molecule has 1 aliphatic rings. The first-order valence-corrected chi connectivity index (χ1v) is 12.6. The van der Waals surface area contributed by atoms with E-state index in [0.29, 0.717) is 12.4 Å². The number of aromatic nitrogens is 4. The summed E-state index contributed by atoms with van der Waals surface area (Å²) < 4.78 is 5.50. The Labute approximate surface area is 205 Å². The number of anilines is 2. The molecule has 11 heteroatoms. The minimum atomic E-state index is -0.234. The van der Waals surface area contributed by atoms with Gasteiger partial charge in [0.25, 0.3) is 5.91 Å². The van der Waals surface area contributed by atoms with E-state index in [-0.39, 0.29) is 12.5 Å². The molecule has 34 heavy (non-hydrogen) atoms. The Morgan fingerprint density at radius 1 is 0.971 bits per heavy atom. The average molecular weight is 494 g/mol. The Morgan fingerprint density at radius 2 is 1.82 bits per heavy atom. The van der Waals surface area contributed by atoms with Crippen LogP contribution in [-0.2, 0) is 11.3 Å². The van der Waals surface area contributed by atoms with E-state index in [4.69, 9.17) is 4.74 Å². The SMILES string of the molecule is O=C(COc1ccc(N2CCN(c3ccccn3)CC2)nn1)NCc1csc(-c2cccs2)n1. The van der Waals surface area contributed by atoms with Crippen LogP contribution in [0.2, 0.25) is 0 Å². The largest absolute Gasteiger partial charge is 0.466 e. The van der Waals surface area contributed by atoms with Gasteiger partial charge < -0.3 is 19.9 Å². The van der Waals surface area contributed by atoms with Crippen LogP contribution in [-0.4, -0.2) is 58.9 Å². The van der Waals surface area contributed by atoms with Gasteiger partial charge in [-0.15, -0.1) is 32.9 Å². The molecule has 0 bridgehead atoms. The van der Waals surface area contributed by atoms with Crippen molar-refractivity contribution < 1.29 is 9.53 Å². The Hall–Kier alpha value is -3.57. The number of thiophene rings is 1. The molecule has 4 aromatic rings. The maximum atomic E-state index is 12.2. The zero-order chi connectivity index (χ0) is 23.2. The highest BCUT2D eigenvalue weighted by Crippen LogP contribution is 2.27. The summed E-state index contributed by atoms with van der Waals surface area (Å²) in [5.41, 5.74) is 0.828. The number of amides is 1. The van der Waals surface area contributed by atoms with Crippen LogP contribution in [0.5, 0.6) is 5.88 Å². The summed E-state index contributed by atoms with van der Waals surface area (Å²) >= 11 is 3.22. The molecule has 0 saturated carbocycles. The molecule has 0 atom stereocenters. The molecule has 0 aromatic carbocycles. The predicted molar refractivity (Wildman–Crippen MR) is 133 cm³/mol. The van der Waals surface area contributed by atoms with Crippen molar-refractivity contribution in [2.75, 3.05) is 42.6 Å². The minimum absolute atomic E-state index is 0.126. The van der Waals surface area contributed by atoms with Crippen LogP contribution in [0.15, 0.2) is 59.4 Å². The van der Waals surface area contributed by atoms with Crippen molar-refractivity contribution in [1.29, 1.82) is 0 Å². The summed E-state index contributed by atoms with van der Waals surface area (Å²) in [4.78, 5) is 26.7.